The zero-order valence-electron chi connectivity index (χ0n) is 17.7. The molecule has 1 aromatic heterocycles. The van der Waals surface area contributed by atoms with Crippen LogP contribution in [0.4, 0.5) is 0 Å². The van der Waals surface area contributed by atoms with E-state index in [1.807, 2.05) is 43.3 Å². The van der Waals surface area contributed by atoms with Crippen LogP contribution in [0.3, 0.4) is 0 Å². The SMILES string of the molecule is Cc1ccc(Oc2ccc(OCCCOc3c(Cl)cc(OCC=C(Cl)Cl)cc3Cl)cc2)nc1. The lowest BCUT2D eigenvalue weighted by Crippen LogP contribution is -2.05. The van der Waals surface area contributed by atoms with Gasteiger partial charge in [-0.1, -0.05) is 52.5 Å². The zero-order chi connectivity index (χ0) is 23.6. The fourth-order valence-electron chi connectivity index (χ4n) is 2.62. The number of aromatic nitrogens is 1. The van der Waals surface area contributed by atoms with Gasteiger partial charge in [-0.3, -0.25) is 0 Å². The monoisotopic (exact) mass is 527 g/mol. The molecule has 0 aliphatic heterocycles. The van der Waals surface area contributed by atoms with Crippen molar-refractivity contribution < 1.29 is 18.9 Å². The molecule has 0 fully saturated rings. The molecule has 3 aromatic rings. The number of benzene rings is 2. The first-order valence-electron chi connectivity index (χ1n) is 10.00. The third-order valence-electron chi connectivity index (χ3n) is 4.19. The maximum Gasteiger partial charge on any atom is 0.219 e. The molecule has 2 aromatic carbocycles. The summed E-state index contributed by atoms with van der Waals surface area (Å²) in [6, 6.07) is 14.3. The fraction of sp³-hybridized carbons (Fsp3) is 0.208. The highest BCUT2D eigenvalue weighted by atomic mass is 35.5. The summed E-state index contributed by atoms with van der Waals surface area (Å²) in [4.78, 5) is 4.22. The number of pyridine rings is 1. The summed E-state index contributed by atoms with van der Waals surface area (Å²) in [5, 5.41) is 0.691. The Labute approximate surface area is 212 Å². The lowest BCUT2D eigenvalue weighted by molar-refractivity contribution is 0.247. The van der Waals surface area contributed by atoms with Crippen molar-refractivity contribution in [3.63, 3.8) is 0 Å². The molecule has 0 radical (unpaired) electrons. The molecule has 33 heavy (non-hydrogen) atoms. The molecule has 9 heteroatoms. The molecular formula is C24H21Cl4NO4. The zero-order valence-corrected chi connectivity index (χ0v) is 20.7. The molecular weight excluding hydrogens is 508 g/mol. The minimum Gasteiger partial charge on any atom is -0.493 e. The van der Waals surface area contributed by atoms with Gasteiger partial charge in [0.1, 0.15) is 28.3 Å². The van der Waals surface area contributed by atoms with Crippen molar-refractivity contribution >= 4 is 46.4 Å². The Morgan fingerprint density at radius 2 is 1.52 bits per heavy atom. The van der Waals surface area contributed by atoms with Crippen molar-refractivity contribution in [2.75, 3.05) is 19.8 Å². The summed E-state index contributed by atoms with van der Waals surface area (Å²) in [5.74, 6) is 2.82. The highest BCUT2D eigenvalue weighted by molar-refractivity contribution is 6.55. The van der Waals surface area contributed by atoms with E-state index in [0.717, 1.165) is 11.3 Å². The second kappa shape index (κ2) is 12.8. The van der Waals surface area contributed by atoms with Crippen LogP contribution in [0.2, 0.25) is 10.0 Å². The minimum absolute atomic E-state index is 0.123. The van der Waals surface area contributed by atoms with Gasteiger partial charge >= 0.3 is 0 Å². The molecule has 3 rings (SSSR count). The normalized spacial score (nSPS) is 10.5. The summed E-state index contributed by atoms with van der Waals surface area (Å²) in [7, 11) is 0. The van der Waals surface area contributed by atoms with Crippen LogP contribution in [0.15, 0.2) is 65.3 Å². The van der Waals surface area contributed by atoms with Crippen molar-refractivity contribution in [3.8, 4) is 28.9 Å². The molecule has 5 nitrogen and oxygen atoms in total. The number of ether oxygens (including phenoxy) is 4. The van der Waals surface area contributed by atoms with Crippen LogP contribution in [0.25, 0.3) is 0 Å². The molecule has 0 unspecified atom stereocenters. The van der Waals surface area contributed by atoms with E-state index < -0.39 is 0 Å². The summed E-state index contributed by atoms with van der Waals surface area (Å²) < 4.78 is 22.8. The van der Waals surface area contributed by atoms with Crippen LogP contribution in [-0.4, -0.2) is 24.8 Å². The highest BCUT2D eigenvalue weighted by Gasteiger charge is 2.11. The lowest BCUT2D eigenvalue weighted by atomic mass is 10.3. The lowest BCUT2D eigenvalue weighted by Gasteiger charge is -2.13. The Kier molecular flexibility index (Phi) is 9.82. The number of aryl methyl sites for hydroxylation is 1. The van der Waals surface area contributed by atoms with Gasteiger partial charge in [-0.25, -0.2) is 4.98 Å². The summed E-state index contributed by atoms with van der Waals surface area (Å²) in [6.07, 6.45) is 3.90. The van der Waals surface area contributed by atoms with E-state index in [1.54, 1.807) is 18.3 Å². The number of rotatable bonds is 11. The van der Waals surface area contributed by atoms with E-state index in [2.05, 4.69) is 4.98 Å². The molecule has 174 valence electrons. The predicted octanol–water partition coefficient (Wildman–Crippen LogP) is 8.03. The minimum atomic E-state index is 0.123. The number of hydrogen-bond donors (Lipinski definition) is 0. The number of halogens is 4. The van der Waals surface area contributed by atoms with Gasteiger partial charge in [0.05, 0.1) is 23.3 Å². The van der Waals surface area contributed by atoms with Crippen molar-refractivity contribution in [2.45, 2.75) is 13.3 Å². The van der Waals surface area contributed by atoms with E-state index in [-0.39, 0.29) is 11.1 Å². The highest BCUT2D eigenvalue weighted by Crippen LogP contribution is 2.37. The van der Waals surface area contributed by atoms with Gasteiger partial charge in [-0.2, -0.15) is 0 Å². The van der Waals surface area contributed by atoms with Gasteiger partial charge < -0.3 is 18.9 Å². The molecule has 0 saturated carbocycles. The Morgan fingerprint density at radius 1 is 0.848 bits per heavy atom. The average Bonchev–Trinajstić information content (AvgIpc) is 2.77. The van der Waals surface area contributed by atoms with E-state index >= 15 is 0 Å². The second-order valence-corrected chi connectivity index (χ2v) is 8.64. The quantitative estimate of drug-likeness (QED) is 0.236. The van der Waals surface area contributed by atoms with Crippen LogP contribution in [0, 0.1) is 6.92 Å². The Balaban J connectivity index is 1.41. The van der Waals surface area contributed by atoms with Crippen molar-refractivity contribution in [1.29, 1.82) is 0 Å². The van der Waals surface area contributed by atoms with Crippen LogP contribution in [0.1, 0.15) is 12.0 Å². The topological polar surface area (TPSA) is 49.8 Å². The Bertz CT molecular complexity index is 1050. The Morgan fingerprint density at radius 3 is 2.15 bits per heavy atom. The molecule has 1 heterocycles. The van der Waals surface area contributed by atoms with Gasteiger partial charge in [-0.15, -0.1) is 0 Å². The molecule has 0 spiro atoms. The fourth-order valence-corrected chi connectivity index (χ4v) is 3.32. The Hall–Kier alpha value is -2.31. The maximum atomic E-state index is 6.26. The van der Waals surface area contributed by atoms with E-state index in [1.165, 1.54) is 6.08 Å². The number of nitrogens with zero attached hydrogens (tertiary/aromatic N) is 1. The third kappa shape index (κ3) is 8.52. The van der Waals surface area contributed by atoms with Crippen LogP contribution in [0.5, 0.6) is 28.9 Å². The summed E-state index contributed by atoms with van der Waals surface area (Å²) >= 11 is 23.6. The van der Waals surface area contributed by atoms with Gasteiger partial charge in [0.2, 0.25) is 5.88 Å². The van der Waals surface area contributed by atoms with Crippen LogP contribution >= 0.6 is 46.4 Å². The molecule has 0 aliphatic carbocycles. The summed E-state index contributed by atoms with van der Waals surface area (Å²) in [6.45, 7) is 3.01. The van der Waals surface area contributed by atoms with Gasteiger partial charge in [-0.05, 0) is 42.8 Å². The molecule has 0 saturated heterocycles. The predicted molar refractivity (Wildman–Crippen MR) is 133 cm³/mol. The molecule has 0 aliphatic rings. The van der Waals surface area contributed by atoms with Gasteiger partial charge in [0, 0.05) is 30.8 Å². The first-order valence-corrected chi connectivity index (χ1v) is 11.5. The largest absolute Gasteiger partial charge is 0.493 e. The van der Waals surface area contributed by atoms with E-state index in [9.17, 15) is 0 Å². The standard InChI is InChI=1S/C24H21Cl4NO4/c1-16-3-8-23(29-15-16)33-18-6-4-17(5-7-18)30-10-2-11-32-24-20(25)13-19(14-21(24)26)31-12-9-22(27)28/h3-9,13-15H,2,10-12H2,1H3. The van der Waals surface area contributed by atoms with Crippen molar-refractivity contribution in [2.24, 2.45) is 0 Å². The van der Waals surface area contributed by atoms with E-state index in [4.69, 9.17) is 65.4 Å². The smallest absolute Gasteiger partial charge is 0.219 e. The number of hydrogen-bond acceptors (Lipinski definition) is 5. The molecule has 0 bridgehead atoms. The summed E-state index contributed by atoms with van der Waals surface area (Å²) in [5.41, 5.74) is 1.08. The first-order chi connectivity index (χ1) is 15.9. The molecule has 0 N–H and O–H groups in total. The van der Waals surface area contributed by atoms with Gasteiger partial charge in [0.25, 0.3) is 0 Å². The first kappa shape index (κ1) is 25.3. The third-order valence-corrected chi connectivity index (χ3v) is 5.06. The van der Waals surface area contributed by atoms with E-state index in [0.29, 0.717) is 52.8 Å². The second-order valence-electron chi connectivity index (χ2n) is 6.82. The average molecular weight is 529 g/mol. The van der Waals surface area contributed by atoms with Crippen molar-refractivity contribution in [1.82, 2.24) is 4.98 Å². The van der Waals surface area contributed by atoms with Crippen LogP contribution < -0.4 is 18.9 Å². The molecule has 0 atom stereocenters. The van der Waals surface area contributed by atoms with Crippen LogP contribution in [-0.2, 0) is 0 Å². The van der Waals surface area contributed by atoms with Gasteiger partial charge in [0.15, 0.2) is 5.75 Å². The molecule has 0 amide bonds. The van der Waals surface area contributed by atoms with Crippen molar-refractivity contribution in [3.05, 3.63) is 80.9 Å². The maximum absolute atomic E-state index is 6.26.